The molecule has 2 aromatic carbocycles. The molecule has 0 radical (unpaired) electrons. The molecule has 2 atom stereocenters. The van der Waals surface area contributed by atoms with Crippen molar-refractivity contribution in [3.63, 3.8) is 0 Å². The van der Waals surface area contributed by atoms with Crippen molar-refractivity contribution in [1.29, 1.82) is 0 Å². The molecule has 0 heterocycles. The Kier molecular flexibility index (Phi) is 5.22. The Morgan fingerprint density at radius 1 is 0.857 bits per heavy atom. The molecule has 2 unspecified atom stereocenters. The molecule has 0 saturated carbocycles. The first-order valence-corrected chi connectivity index (χ1v) is 8.26. The molecule has 0 nitrogen and oxygen atoms in total. The minimum absolute atomic E-state index is 0.406. The number of hydrogen-bond acceptors (Lipinski definition) is 0. The Labute approximate surface area is 130 Å². The predicted octanol–water partition coefficient (Wildman–Crippen LogP) is 6.67. The Morgan fingerprint density at radius 2 is 1.43 bits per heavy atom. The summed E-state index contributed by atoms with van der Waals surface area (Å²) in [5.41, 5.74) is 4.47. The van der Waals surface area contributed by atoms with E-state index in [1.165, 1.54) is 36.0 Å². The minimum atomic E-state index is 0.406. The van der Waals surface area contributed by atoms with E-state index in [9.17, 15) is 0 Å². The van der Waals surface area contributed by atoms with E-state index in [2.05, 4.69) is 82.3 Å². The van der Waals surface area contributed by atoms with Crippen LogP contribution >= 0.6 is 0 Å². The molecule has 0 N–H and O–H groups in total. The van der Waals surface area contributed by atoms with Crippen LogP contribution in [0.4, 0.5) is 0 Å². The maximum Gasteiger partial charge on any atom is -0.0136 e. The van der Waals surface area contributed by atoms with Crippen LogP contribution in [0.5, 0.6) is 0 Å². The van der Waals surface area contributed by atoms with Gasteiger partial charge < -0.3 is 0 Å². The highest BCUT2D eigenvalue weighted by atomic mass is 14.3. The van der Waals surface area contributed by atoms with Crippen LogP contribution in [0, 0.1) is 5.41 Å². The molecular weight excluding hydrogens is 252 g/mol. The number of benzene rings is 2. The lowest BCUT2D eigenvalue weighted by Crippen LogP contribution is -2.22. The van der Waals surface area contributed by atoms with E-state index in [-0.39, 0.29) is 0 Å². The van der Waals surface area contributed by atoms with Gasteiger partial charge in [-0.25, -0.2) is 0 Å². The second-order valence-electron chi connectivity index (χ2n) is 6.47. The molecule has 21 heavy (non-hydrogen) atoms. The normalized spacial score (nSPS) is 15.4. The van der Waals surface area contributed by atoms with Crippen LogP contribution < -0.4 is 0 Å². The Hall–Kier alpha value is -1.56. The fourth-order valence-corrected chi connectivity index (χ4v) is 3.27. The van der Waals surface area contributed by atoms with Gasteiger partial charge in [-0.05, 0) is 34.4 Å². The van der Waals surface area contributed by atoms with E-state index >= 15 is 0 Å². The molecule has 0 aliphatic carbocycles. The molecule has 0 aromatic heterocycles. The lowest BCUT2D eigenvalue weighted by atomic mass is 9.70. The minimum Gasteiger partial charge on any atom is -0.0654 e. The van der Waals surface area contributed by atoms with Gasteiger partial charge in [0, 0.05) is 0 Å². The van der Waals surface area contributed by atoms with Gasteiger partial charge in [-0.2, -0.15) is 0 Å². The molecule has 0 fully saturated rings. The summed E-state index contributed by atoms with van der Waals surface area (Å²) in [5, 5.41) is 0. The number of rotatable bonds is 6. The smallest absolute Gasteiger partial charge is 0.0136 e. The van der Waals surface area contributed by atoms with Crippen molar-refractivity contribution in [3.8, 4) is 11.1 Å². The van der Waals surface area contributed by atoms with E-state index < -0.39 is 0 Å². The molecule has 0 bridgehead atoms. The van der Waals surface area contributed by atoms with Gasteiger partial charge in [-0.1, -0.05) is 95.1 Å². The molecule has 0 aliphatic rings. The van der Waals surface area contributed by atoms with Crippen molar-refractivity contribution in [1.82, 2.24) is 0 Å². The van der Waals surface area contributed by atoms with Crippen LogP contribution in [0.3, 0.4) is 0 Å². The van der Waals surface area contributed by atoms with Gasteiger partial charge in [-0.3, -0.25) is 0 Å². The average molecular weight is 280 g/mol. The third kappa shape index (κ3) is 3.56. The lowest BCUT2D eigenvalue weighted by molar-refractivity contribution is 0.230. The molecule has 0 spiro atoms. The van der Waals surface area contributed by atoms with E-state index in [0.29, 0.717) is 11.3 Å². The monoisotopic (exact) mass is 280 g/mol. The summed E-state index contributed by atoms with van der Waals surface area (Å²) in [6.45, 7) is 9.44. The first-order chi connectivity index (χ1) is 10.1. The van der Waals surface area contributed by atoms with Crippen molar-refractivity contribution in [2.45, 2.75) is 52.9 Å². The van der Waals surface area contributed by atoms with Crippen molar-refractivity contribution in [3.05, 3.63) is 60.2 Å². The fourth-order valence-electron chi connectivity index (χ4n) is 3.27. The first kappa shape index (κ1) is 15.8. The predicted molar refractivity (Wildman–Crippen MR) is 93.6 cm³/mol. The zero-order valence-corrected chi connectivity index (χ0v) is 13.9. The molecule has 0 aliphatic heterocycles. The van der Waals surface area contributed by atoms with Gasteiger partial charge in [0.1, 0.15) is 0 Å². The van der Waals surface area contributed by atoms with E-state index in [1.807, 2.05) is 0 Å². The second kappa shape index (κ2) is 6.93. The SMILES string of the molecule is CCCC(C)(CC)C(C)c1ccc(-c2ccccc2)cc1. The van der Waals surface area contributed by atoms with Crippen LogP contribution in [0.25, 0.3) is 11.1 Å². The van der Waals surface area contributed by atoms with Gasteiger partial charge in [-0.15, -0.1) is 0 Å². The summed E-state index contributed by atoms with van der Waals surface area (Å²) >= 11 is 0. The summed E-state index contributed by atoms with van der Waals surface area (Å²) in [4.78, 5) is 0. The number of hydrogen-bond donors (Lipinski definition) is 0. The lowest BCUT2D eigenvalue weighted by Gasteiger charge is -2.35. The fraction of sp³-hybridized carbons (Fsp3) is 0.429. The van der Waals surface area contributed by atoms with Crippen LogP contribution in [0.2, 0.25) is 0 Å². The third-order valence-corrected chi connectivity index (χ3v) is 5.19. The summed E-state index contributed by atoms with van der Waals surface area (Å²) in [6, 6.07) is 19.8. The molecule has 0 heteroatoms. The largest absolute Gasteiger partial charge is 0.0654 e. The molecular formula is C21H28. The zero-order valence-electron chi connectivity index (χ0n) is 13.9. The van der Waals surface area contributed by atoms with Crippen LogP contribution in [-0.2, 0) is 0 Å². The van der Waals surface area contributed by atoms with Crippen LogP contribution in [-0.4, -0.2) is 0 Å². The average Bonchev–Trinajstić information content (AvgIpc) is 2.55. The summed E-state index contributed by atoms with van der Waals surface area (Å²) < 4.78 is 0. The topological polar surface area (TPSA) is 0 Å². The Morgan fingerprint density at radius 3 is 1.95 bits per heavy atom. The Balaban J connectivity index is 2.22. The van der Waals surface area contributed by atoms with Crippen LogP contribution in [0.15, 0.2) is 54.6 Å². The van der Waals surface area contributed by atoms with Crippen molar-refractivity contribution in [2.75, 3.05) is 0 Å². The Bertz CT molecular complexity index is 538. The van der Waals surface area contributed by atoms with Gasteiger partial charge in [0.2, 0.25) is 0 Å². The van der Waals surface area contributed by atoms with Crippen molar-refractivity contribution < 1.29 is 0 Å². The maximum atomic E-state index is 2.44. The molecule has 112 valence electrons. The summed E-state index contributed by atoms with van der Waals surface area (Å²) in [7, 11) is 0. The molecule has 0 amide bonds. The van der Waals surface area contributed by atoms with Gasteiger partial charge in [0.15, 0.2) is 0 Å². The molecule has 2 aromatic rings. The quantitative estimate of drug-likeness (QED) is 0.554. The van der Waals surface area contributed by atoms with E-state index in [4.69, 9.17) is 0 Å². The van der Waals surface area contributed by atoms with E-state index in [0.717, 1.165) is 0 Å². The van der Waals surface area contributed by atoms with Gasteiger partial charge >= 0.3 is 0 Å². The molecule has 2 rings (SSSR count). The highest BCUT2D eigenvalue weighted by Crippen LogP contribution is 2.42. The highest BCUT2D eigenvalue weighted by Gasteiger charge is 2.29. The first-order valence-electron chi connectivity index (χ1n) is 8.26. The summed E-state index contributed by atoms with van der Waals surface area (Å²) in [6.07, 6.45) is 3.80. The standard InChI is InChI=1S/C21H28/c1-5-16-21(4,6-2)17(3)18-12-14-20(15-13-18)19-10-8-7-9-11-19/h7-15,17H,5-6,16H2,1-4H3. The van der Waals surface area contributed by atoms with Crippen LogP contribution in [0.1, 0.15) is 58.4 Å². The van der Waals surface area contributed by atoms with E-state index in [1.54, 1.807) is 0 Å². The third-order valence-electron chi connectivity index (χ3n) is 5.19. The van der Waals surface area contributed by atoms with Crippen molar-refractivity contribution in [2.24, 2.45) is 5.41 Å². The summed E-state index contributed by atoms with van der Waals surface area (Å²) in [5.74, 6) is 0.604. The van der Waals surface area contributed by atoms with Gasteiger partial charge in [0.25, 0.3) is 0 Å². The highest BCUT2D eigenvalue weighted by molar-refractivity contribution is 5.63. The maximum absolute atomic E-state index is 2.44. The zero-order chi connectivity index (χ0) is 15.3. The van der Waals surface area contributed by atoms with Gasteiger partial charge in [0.05, 0.1) is 0 Å². The second-order valence-corrected chi connectivity index (χ2v) is 6.47. The molecule has 0 saturated heterocycles. The van der Waals surface area contributed by atoms with Crippen molar-refractivity contribution >= 4 is 0 Å².